The summed E-state index contributed by atoms with van der Waals surface area (Å²) < 4.78 is 0. The van der Waals surface area contributed by atoms with Crippen LogP contribution in [0.1, 0.15) is 17.5 Å². The van der Waals surface area contributed by atoms with Gasteiger partial charge in [-0.1, -0.05) is 42.5 Å². The van der Waals surface area contributed by atoms with E-state index in [-0.39, 0.29) is 11.9 Å². The van der Waals surface area contributed by atoms with Crippen molar-refractivity contribution < 1.29 is 9.59 Å². The standard InChI is InChI=1S/C17H16N2O2/c20-16-10-11-19(17(21)18-16)15-8-6-14(7-9-15)12-13-4-2-1-3-5-13/h1-9H,10-12H2,(H,18,20,21). The van der Waals surface area contributed by atoms with Gasteiger partial charge in [0.1, 0.15) is 0 Å². The smallest absolute Gasteiger partial charge is 0.294 e. The van der Waals surface area contributed by atoms with Crippen LogP contribution in [0.5, 0.6) is 0 Å². The molecule has 0 spiro atoms. The van der Waals surface area contributed by atoms with Gasteiger partial charge in [-0.3, -0.25) is 15.0 Å². The van der Waals surface area contributed by atoms with Crippen LogP contribution in [-0.2, 0) is 11.2 Å². The summed E-state index contributed by atoms with van der Waals surface area (Å²) in [6.45, 7) is 0.433. The Bertz CT molecular complexity index is 650. The number of carbonyl (C=O) groups excluding carboxylic acids is 2. The molecule has 1 aliphatic rings. The molecule has 106 valence electrons. The SMILES string of the molecule is O=C1CCN(c2ccc(Cc3ccccc3)cc2)C(=O)N1. The summed E-state index contributed by atoms with van der Waals surface area (Å²) in [5, 5.41) is 2.33. The van der Waals surface area contributed by atoms with Gasteiger partial charge in [0.05, 0.1) is 0 Å². The van der Waals surface area contributed by atoms with Crippen molar-refractivity contribution in [1.29, 1.82) is 0 Å². The third kappa shape index (κ3) is 3.11. The Morgan fingerprint density at radius 3 is 2.24 bits per heavy atom. The van der Waals surface area contributed by atoms with Crippen LogP contribution in [-0.4, -0.2) is 18.5 Å². The number of nitrogens with zero attached hydrogens (tertiary/aromatic N) is 1. The number of urea groups is 1. The molecule has 4 heteroatoms. The van der Waals surface area contributed by atoms with Crippen molar-refractivity contribution in [2.24, 2.45) is 0 Å². The molecule has 0 radical (unpaired) electrons. The highest BCUT2D eigenvalue weighted by molar-refractivity contribution is 6.05. The van der Waals surface area contributed by atoms with Gasteiger partial charge in [-0.05, 0) is 29.7 Å². The van der Waals surface area contributed by atoms with Crippen molar-refractivity contribution in [3.05, 3.63) is 65.7 Å². The molecule has 3 amide bonds. The van der Waals surface area contributed by atoms with Crippen LogP contribution >= 0.6 is 0 Å². The quantitative estimate of drug-likeness (QED) is 0.939. The van der Waals surface area contributed by atoms with E-state index in [4.69, 9.17) is 0 Å². The number of carbonyl (C=O) groups is 2. The zero-order valence-corrected chi connectivity index (χ0v) is 11.6. The summed E-state index contributed by atoms with van der Waals surface area (Å²) >= 11 is 0. The molecular weight excluding hydrogens is 264 g/mol. The van der Waals surface area contributed by atoms with Crippen LogP contribution in [0.15, 0.2) is 54.6 Å². The van der Waals surface area contributed by atoms with Crippen LogP contribution in [0.25, 0.3) is 0 Å². The molecular formula is C17H16N2O2. The van der Waals surface area contributed by atoms with Crippen molar-refractivity contribution in [2.45, 2.75) is 12.8 Å². The van der Waals surface area contributed by atoms with Gasteiger partial charge in [-0.15, -0.1) is 0 Å². The lowest BCUT2D eigenvalue weighted by Crippen LogP contribution is -2.49. The van der Waals surface area contributed by atoms with Gasteiger partial charge in [-0.2, -0.15) is 0 Å². The Balaban J connectivity index is 1.72. The molecule has 4 nitrogen and oxygen atoms in total. The predicted octanol–water partition coefficient (Wildman–Crippen LogP) is 2.72. The molecule has 1 fully saturated rings. The van der Waals surface area contributed by atoms with E-state index < -0.39 is 0 Å². The molecule has 0 unspecified atom stereocenters. The van der Waals surface area contributed by atoms with Crippen LogP contribution in [0.4, 0.5) is 10.5 Å². The molecule has 1 saturated heterocycles. The van der Waals surface area contributed by atoms with E-state index in [0.29, 0.717) is 13.0 Å². The second-order valence-corrected chi connectivity index (χ2v) is 5.08. The fraction of sp³-hybridized carbons (Fsp3) is 0.176. The van der Waals surface area contributed by atoms with E-state index >= 15 is 0 Å². The number of nitrogens with one attached hydrogen (secondary N) is 1. The zero-order valence-electron chi connectivity index (χ0n) is 11.6. The number of imide groups is 1. The summed E-state index contributed by atoms with van der Waals surface area (Å²) in [6, 6.07) is 17.8. The lowest BCUT2D eigenvalue weighted by Gasteiger charge is -2.26. The van der Waals surface area contributed by atoms with Crippen LogP contribution in [0.2, 0.25) is 0 Å². The lowest BCUT2D eigenvalue weighted by atomic mass is 10.0. The Kier molecular flexibility index (Phi) is 3.69. The first-order valence-corrected chi connectivity index (χ1v) is 6.96. The maximum absolute atomic E-state index is 11.8. The first kappa shape index (κ1) is 13.4. The minimum Gasteiger partial charge on any atom is -0.294 e. The van der Waals surface area contributed by atoms with Gasteiger partial charge in [0, 0.05) is 18.7 Å². The average molecular weight is 280 g/mol. The molecule has 0 saturated carbocycles. The Hall–Kier alpha value is -2.62. The van der Waals surface area contributed by atoms with E-state index in [1.165, 1.54) is 11.1 Å². The fourth-order valence-corrected chi connectivity index (χ4v) is 2.44. The Morgan fingerprint density at radius 1 is 0.905 bits per heavy atom. The van der Waals surface area contributed by atoms with Gasteiger partial charge in [-0.25, -0.2) is 4.79 Å². The minimum atomic E-state index is -0.345. The molecule has 1 N–H and O–H groups in total. The van der Waals surface area contributed by atoms with Crippen molar-refractivity contribution in [3.8, 4) is 0 Å². The van der Waals surface area contributed by atoms with Crippen molar-refractivity contribution in [3.63, 3.8) is 0 Å². The van der Waals surface area contributed by atoms with Gasteiger partial charge in [0.15, 0.2) is 0 Å². The predicted molar refractivity (Wildman–Crippen MR) is 81.2 cm³/mol. The van der Waals surface area contributed by atoms with Gasteiger partial charge in [0.2, 0.25) is 5.91 Å². The molecule has 21 heavy (non-hydrogen) atoms. The maximum Gasteiger partial charge on any atom is 0.328 e. The van der Waals surface area contributed by atoms with E-state index in [1.54, 1.807) is 4.90 Å². The highest BCUT2D eigenvalue weighted by atomic mass is 16.2. The second-order valence-electron chi connectivity index (χ2n) is 5.08. The third-order valence-corrected chi connectivity index (χ3v) is 3.55. The molecule has 0 atom stereocenters. The van der Waals surface area contributed by atoms with Crippen molar-refractivity contribution in [1.82, 2.24) is 5.32 Å². The van der Waals surface area contributed by atoms with Crippen LogP contribution in [0.3, 0.4) is 0 Å². The maximum atomic E-state index is 11.8. The summed E-state index contributed by atoms with van der Waals surface area (Å²) in [5.74, 6) is -0.211. The van der Waals surface area contributed by atoms with Crippen LogP contribution in [0, 0.1) is 0 Å². The highest BCUT2D eigenvalue weighted by Gasteiger charge is 2.23. The number of anilines is 1. The zero-order chi connectivity index (χ0) is 14.7. The summed E-state index contributed by atoms with van der Waals surface area (Å²) in [7, 11) is 0. The average Bonchev–Trinajstić information content (AvgIpc) is 2.49. The molecule has 0 aliphatic carbocycles. The molecule has 2 aromatic rings. The number of hydrogen-bond acceptors (Lipinski definition) is 2. The number of amides is 3. The monoisotopic (exact) mass is 280 g/mol. The molecule has 1 aliphatic heterocycles. The molecule has 3 rings (SSSR count). The summed E-state index contributed by atoms with van der Waals surface area (Å²) in [5.41, 5.74) is 3.27. The topological polar surface area (TPSA) is 49.4 Å². The van der Waals surface area contributed by atoms with Gasteiger partial charge < -0.3 is 0 Å². The third-order valence-electron chi connectivity index (χ3n) is 3.55. The number of rotatable bonds is 3. The van der Waals surface area contributed by atoms with Gasteiger partial charge in [0.25, 0.3) is 0 Å². The van der Waals surface area contributed by atoms with E-state index in [1.807, 2.05) is 42.5 Å². The molecule has 0 aromatic heterocycles. The highest BCUT2D eigenvalue weighted by Crippen LogP contribution is 2.19. The Labute approximate surface area is 123 Å². The molecule has 0 bridgehead atoms. The van der Waals surface area contributed by atoms with Crippen molar-refractivity contribution >= 4 is 17.6 Å². The van der Waals surface area contributed by atoms with E-state index in [0.717, 1.165) is 12.1 Å². The fourth-order valence-electron chi connectivity index (χ4n) is 2.44. The summed E-state index contributed by atoms with van der Waals surface area (Å²) in [4.78, 5) is 24.5. The minimum absolute atomic E-state index is 0.211. The molecule has 2 aromatic carbocycles. The first-order valence-electron chi connectivity index (χ1n) is 6.96. The summed E-state index contributed by atoms with van der Waals surface area (Å²) in [6.07, 6.45) is 1.21. The van der Waals surface area contributed by atoms with E-state index in [2.05, 4.69) is 17.4 Å². The second kappa shape index (κ2) is 5.79. The molecule has 1 heterocycles. The lowest BCUT2D eigenvalue weighted by molar-refractivity contribution is -0.120. The van der Waals surface area contributed by atoms with E-state index in [9.17, 15) is 9.59 Å². The first-order chi connectivity index (χ1) is 10.2. The van der Waals surface area contributed by atoms with Gasteiger partial charge >= 0.3 is 6.03 Å². The van der Waals surface area contributed by atoms with Crippen LogP contribution < -0.4 is 10.2 Å². The largest absolute Gasteiger partial charge is 0.328 e. The Morgan fingerprint density at radius 2 is 1.57 bits per heavy atom. The normalized spacial score (nSPS) is 15.0. The number of benzene rings is 2. The van der Waals surface area contributed by atoms with Crippen molar-refractivity contribution in [2.75, 3.05) is 11.4 Å². The number of hydrogen-bond donors (Lipinski definition) is 1.